The van der Waals surface area contributed by atoms with E-state index in [1.807, 2.05) is 11.8 Å². The smallest absolute Gasteiger partial charge is 0.231 e. The number of nitrogens with zero attached hydrogens (tertiary/aromatic N) is 2. The molecule has 1 aliphatic carbocycles. The van der Waals surface area contributed by atoms with Crippen molar-refractivity contribution >= 4 is 11.8 Å². The number of aromatic nitrogens is 2. The zero-order valence-electron chi connectivity index (χ0n) is 12.7. The first-order valence-electron chi connectivity index (χ1n) is 7.98. The van der Waals surface area contributed by atoms with Crippen molar-refractivity contribution in [3.05, 3.63) is 11.7 Å². The minimum absolute atomic E-state index is 0.410. The Labute approximate surface area is 126 Å². The monoisotopic (exact) mass is 297 g/mol. The van der Waals surface area contributed by atoms with Crippen LogP contribution in [0.25, 0.3) is 0 Å². The standard InChI is InChI=1S/C15H27N3OS/c1-3-9-16-13-8-6-5-7-12(13)15-17-14(18-19-15)11-20-10-4-2/h12-13,16H,3-11H2,1-2H3. The van der Waals surface area contributed by atoms with Gasteiger partial charge in [-0.25, -0.2) is 0 Å². The van der Waals surface area contributed by atoms with Crippen LogP contribution in [0.2, 0.25) is 0 Å². The fourth-order valence-corrected chi connectivity index (χ4v) is 3.52. The second kappa shape index (κ2) is 8.67. The molecule has 1 aromatic heterocycles. The maximum absolute atomic E-state index is 5.53. The van der Waals surface area contributed by atoms with Crippen LogP contribution in [-0.2, 0) is 5.75 Å². The minimum Gasteiger partial charge on any atom is -0.339 e. The summed E-state index contributed by atoms with van der Waals surface area (Å²) in [4.78, 5) is 4.63. The van der Waals surface area contributed by atoms with Gasteiger partial charge in [0.15, 0.2) is 5.82 Å². The van der Waals surface area contributed by atoms with E-state index >= 15 is 0 Å². The Balaban J connectivity index is 1.93. The highest BCUT2D eigenvalue weighted by Gasteiger charge is 2.30. The molecule has 0 radical (unpaired) electrons. The van der Waals surface area contributed by atoms with Gasteiger partial charge in [-0.3, -0.25) is 0 Å². The zero-order chi connectivity index (χ0) is 14.2. The molecule has 2 atom stereocenters. The van der Waals surface area contributed by atoms with Gasteiger partial charge in [0, 0.05) is 6.04 Å². The number of hydrogen-bond donors (Lipinski definition) is 1. The maximum Gasteiger partial charge on any atom is 0.231 e. The molecule has 0 bridgehead atoms. The van der Waals surface area contributed by atoms with Crippen LogP contribution in [0.3, 0.4) is 0 Å². The van der Waals surface area contributed by atoms with E-state index in [9.17, 15) is 0 Å². The molecule has 1 saturated carbocycles. The van der Waals surface area contributed by atoms with Gasteiger partial charge in [0.05, 0.1) is 11.7 Å². The molecule has 2 rings (SSSR count). The van der Waals surface area contributed by atoms with Crippen LogP contribution < -0.4 is 5.32 Å². The minimum atomic E-state index is 0.410. The lowest BCUT2D eigenvalue weighted by atomic mass is 9.84. The van der Waals surface area contributed by atoms with Gasteiger partial charge in [-0.05, 0) is 38.0 Å². The molecule has 1 heterocycles. The third-order valence-electron chi connectivity index (χ3n) is 3.80. The molecule has 0 aromatic carbocycles. The maximum atomic E-state index is 5.53. The molecule has 1 aliphatic rings. The summed E-state index contributed by atoms with van der Waals surface area (Å²) in [5, 5.41) is 7.79. The highest BCUT2D eigenvalue weighted by atomic mass is 32.2. The molecule has 0 spiro atoms. The summed E-state index contributed by atoms with van der Waals surface area (Å²) in [6, 6.07) is 0.514. The van der Waals surface area contributed by atoms with Gasteiger partial charge in [-0.2, -0.15) is 16.7 Å². The predicted molar refractivity (Wildman–Crippen MR) is 84.0 cm³/mol. The predicted octanol–water partition coefficient (Wildman–Crippen LogP) is 3.74. The first kappa shape index (κ1) is 15.8. The van der Waals surface area contributed by atoms with E-state index in [-0.39, 0.29) is 0 Å². The van der Waals surface area contributed by atoms with Gasteiger partial charge in [0.2, 0.25) is 5.89 Å². The van der Waals surface area contributed by atoms with Crippen molar-refractivity contribution in [3.8, 4) is 0 Å². The van der Waals surface area contributed by atoms with Crippen LogP contribution in [0.1, 0.15) is 70.0 Å². The SMILES string of the molecule is CCCNC1CCCCC1c1nc(CSCCC)no1. The average molecular weight is 297 g/mol. The summed E-state index contributed by atoms with van der Waals surface area (Å²) < 4.78 is 5.53. The highest BCUT2D eigenvalue weighted by molar-refractivity contribution is 7.98. The molecule has 5 heteroatoms. The number of nitrogens with one attached hydrogen (secondary N) is 1. The lowest BCUT2D eigenvalue weighted by Gasteiger charge is -2.29. The molecule has 0 saturated heterocycles. The summed E-state index contributed by atoms with van der Waals surface area (Å²) in [6.07, 6.45) is 7.35. The van der Waals surface area contributed by atoms with E-state index in [1.165, 1.54) is 38.5 Å². The first-order valence-corrected chi connectivity index (χ1v) is 9.14. The van der Waals surface area contributed by atoms with Gasteiger partial charge in [-0.1, -0.05) is 31.8 Å². The van der Waals surface area contributed by atoms with Crippen molar-refractivity contribution in [2.24, 2.45) is 0 Å². The Morgan fingerprint density at radius 3 is 2.90 bits per heavy atom. The van der Waals surface area contributed by atoms with Gasteiger partial charge < -0.3 is 9.84 Å². The Hall–Kier alpha value is -0.550. The van der Waals surface area contributed by atoms with Crippen molar-refractivity contribution < 1.29 is 4.52 Å². The van der Waals surface area contributed by atoms with Crippen molar-refractivity contribution in [3.63, 3.8) is 0 Å². The van der Waals surface area contributed by atoms with Gasteiger partial charge >= 0.3 is 0 Å². The van der Waals surface area contributed by atoms with Crippen LogP contribution in [0.4, 0.5) is 0 Å². The van der Waals surface area contributed by atoms with Gasteiger partial charge in [0.25, 0.3) is 0 Å². The molecule has 0 amide bonds. The van der Waals surface area contributed by atoms with E-state index in [0.29, 0.717) is 12.0 Å². The van der Waals surface area contributed by atoms with E-state index in [0.717, 1.165) is 29.8 Å². The summed E-state index contributed by atoms with van der Waals surface area (Å²) in [5.74, 6) is 4.15. The van der Waals surface area contributed by atoms with Crippen LogP contribution >= 0.6 is 11.8 Å². The largest absolute Gasteiger partial charge is 0.339 e. The van der Waals surface area contributed by atoms with Gasteiger partial charge in [0.1, 0.15) is 0 Å². The molecule has 20 heavy (non-hydrogen) atoms. The zero-order valence-corrected chi connectivity index (χ0v) is 13.5. The van der Waals surface area contributed by atoms with Crippen molar-refractivity contribution in [2.75, 3.05) is 12.3 Å². The second-order valence-electron chi connectivity index (χ2n) is 5.55. The molecule has 1 fully saturated rings. The Kier molecular flexibility index (Phi) is 6.87. The number of rotatable bonds is 8. The van der Waals surface area contributed by atoms with E-state index in [2.05, 4.69) is 29.3 Å². The van der Waals surface area contributed by atoms with Crippen LogP contribution in [0.15, 0.2) is 4.52 Å². The Morgan fingerprint density at radius 2 is 2.10 bits per heavy atom. The van der Waals surface area contributed by atoms with E-state index in [1.54, 1.807) is 0 Å². The summed E-state index contributed by atoms with van der Waals surface area (Å²) in [6.45, 7) is 5.48. The molecule has 114 valence electrons. The molecule has 2 unspecified atom stereocenters. The average Bonchev–Trinajstić information content (AvgIpc) is 2.94. The molecule has 1 aromatic rings. The normalized spacial score (nSPS) is 23.1. The third kappa shape index (κ3) is 4.48. The first-order chi connectivity index (χ1) is 9.85. The lowest BCUT2D eigenvalue weighted by Crippen LogP contribution is -2.37. The van der Waals surface area contributed by atoms with Gasteiger partial charge in [-0.15, -0.1) is 0 Å². The Bertz CT molecular complexity index is 383. The summed E-state index contributed by atoms with van der Waals surface area (Å²) >= 11 is 1.88. The fourth-order valence-electron chi connectivity index (χ4n) is 2.79. The number of hydrogen-bond acceptors (Lipinski definition) is 5. The molecule has 1 N–H and O–H groups in total. The Morgan fingerprint density at radius 1 is 1.25 bits per heavy atom. The fraction of sp³-hybridized carbons (Fsp3) is 0.867. The highest BCUT2D eigenvalue weighted by Crippen LogP contribution is 2.32. The third-order valence-corrected chi connectivity index (χ3v) is 4.96. The van der Waals surface area contributed by atoms with Crippen LogP contribution in [0.5, 0.6) is 0 Å². The summed E-state index contributed by atoms with van der Waals surface area (Å²) in [7, 11) is 0. The number of thioether (sulfide) groups is 1. The quantitative estimate of drug-likeness (QED) is 0.741. The summed E-state index contributed by atoms with van der Waals surface area (Å²) in [5.41, 5.74) is 0. The molecule has 0 aliphatic heterocycles. The molecule has 4 nitrogen and oxygen atoms in total. The second-order valence-corrected chi connectivity index (χ2v) is 6.66. The van der Waals surface area contributed by atoms with Crippen LogP contribution in [-0.4, -0.2) is 28.5 Å². The van der Waals surface area contributed by atoms with Crippen molar-refractivity contribution in [1.82, 2.24) is 15.5 Å². The lowest BCUT2D eigenvalue weighted by molar-refractivity contribution is 0.262. The van der Waals surface area contributed by atoms with E-state index in [4.69, 9.17) is 4.52 Å². The van der Waals surface area contributed by atoms with E-state index < -0.39 is 0 Å². The van der Waals surface area contributed by atoms with Crippen molar-refractivity contribution in [1.29, 1.82) is 0 Å². The van der Waals surface area contributed by atoms with Crippen molar-refractivity contribution in [2.45, 2.75) is 70.1 Å². The molecular formula is C15H27N3OS. The topological polar surface area (TPSA) is 51.0 Å². The molecular weight excluding hydrogens is 270 g/mol. The van der Waals surface area contributed by atoms with Crippen LogP contribution in [0, 0.1) is 0 Å².